The number of carbonyl (C=O) groups is 3. The highest BCUT2D eigenvalue weighted by Gasteiger charge is 2.46. The van der Waals surface area contributed by atoms with Gasteiger partial charge >= 0.3 is 0 Å². The van der Waals surface area contributed by atoms with Crippen LogP contribution in [0.15, 0.2) is 35.2 Å². The van der Waals surface area contributed by atoms with Crippen molar-refractivity contribution in [1.29, 1.82) is 0 Å². The molecule has 2 aromatic rings. The van der Waals surface area contributed by atoms with Crippen molar-refractivity contribution >= 4 is 35.0 Å². The zero-order valence-electron chi connectivity index (χ0n) is 16.8. The Kier molecular flexibility index (Phi) is 4.36. The zero-order chi connectivity index (χ0) is 21.0. The first-order chi connectivity index (χ1) is 14.4. The fourth-order valence-corrected chi connectivity index (χ4v) is 5.46. The van der Waals surface area contributed by atoms with E-state index in [0.29, 0.717) is 59.2 Å². The number of nitrogens with zero attached hydrogens (tertiary/aromatic N) is 3. The maximum Gasteiger partial charge on any atom is 0.274 e. The molecule has 5 rings (SSSR count). The van der Waals surface area contributed by atoms with Crippen LogP contribution in [0.2, 0.25) is 0 Å². The number of amides is 1. The lowest BCUT2D eigenvalue weighted by Crippen LogP contribution is -2.51. The van der Waals surface area contributed by atoms with Gasteiger partial charge in [-0.2, -0.15) is 5.10 Å². The number of piperidine rings is 1. The van der Waals surface area contributed by atoms with E-state index in [-0.39, 0.29) is 5.91 Å². The molecule has 1 saturated heterocycles. The quantitative estimate of drug-likeness (QED) is 0.656. The van der Waals surface area contributed by atoms with Crippen molar-refractivity contribution in [1.82, 2.24) is 14.7 Å². The molecule has 0 bridgehead atoms. The van der Waals surface area contributed by atoms with Crippen molar-refractivity contribution < 1.29 is 19.1 Å². The van der Waals surface area contributed by atoms with Gasteiger partial charge in [-0.25, -0.2) is 0 Å². The Labute approximate surface area is 178 Å². The van der Waals surface area contributed by atoms with Gasteiger partial charge in [0.05, 0.1) is 0 Å². The molecule has 2 aliphatic heterocycles. The van der Waals surface area contributed by atoms with Crippen LogP contribution in [0.25, 0.3) is 5.76 Å². The molecule has 0 radical (unpaired) electrons. The van der Waals surface area contributed by atoms with E-state index >= 15 is 0 Å². The van der Waals surface area contributed by atoms with Crippen molar-refractivity contribution in [3.63, 3.8) is 0 Å². The Bertz CT molecular complexity index is 1110. The van der Waals surface area contributed by atoms with Gasteiger partial charge in [-0.1, -0.05) is 24.3 Å². The van der Waals surface area contributed by atoms with Crippen LogP contribution in [0.3, 0.4) is 0 Å². The van der Waals surface area contributed by atoms with Crippen molar-refractivity contribution in [3.05, 3.63) is 57.8 Å². The summed E-state index contributed by atoms with van der Waals surface area (Å²) in [6, 6.07) is 8.91. The zero-order valence-corrected chi connectivity index (χ0v) is 17.6. The molecule has 1 aromatic carbocycles. The van der Waals surface area contributed by atoms with E-state index in [2.05, 4.69) is 5.10 Å². The SMILES string of the molecule is Cc1cc(C(=O)N2CCC3(CC2)CSC2=C(O3)c3ccccc3C(=O)C2=O)nn1C. The molecule has 0 saturated carbocycles. The molecule has 1 spiro atoms. The average molecular weight is 423 g/mol. The standard InChI is InChI=1S/C22H21N3O4S/c1-13-11-16(23-24(13)2)21(28)25-9-7-22(8-10-25)12-30-20-18(27)17(26)14-5-3-4-6-15(14)19(20)29-22/h3-6,11H,7-10,12H2,1-2H3. The number of aryl methyl sites for hydroxylation is 2. The number of rotatable bonds is 1. The fourth-order valence-electron chi connectivity index (χ4n) is 4.20. The summed E-state index contributed by atoms with van der Waals surface area (Å²) < 4.78 is 8.15. The van der Waals surface area contributed by atoms with Crippen LogP contribution < -0.4 is 0 Å². The maximum absolute atomic E-state index is 12.8. The number of thioether (sulfide) groups is 1. The van der Waals surface area contributed by atoms with Crippen molar-refractivity contribution in [2.24, 2.45) is 7.05 Å². The van der Waals surface area contributed by atoms with E-state index in [1.54, 1.807) is 22.9 Å². The number of benzene rings is 1. The lowest BCUT2D eigenvalue weighted by atomic mass is 9.90. The number of likely N-dealkylation sites (tertiary alicyclic amines) is 1. The Morgan fingerprint density at radius 1 is 1.13 bits per heavy atom. The molecule has 1 fully saturated rings. The highest BCUT2D eigenvalue weighted by molar-refractivity contribution is 8.04. The summed E-state index contributed by atoms with van der Waals surface area (Å²) in [5, 5.41) is 4.30. The normalized spacial score (nSPS) is 20.1. The molecule has 3 heterocycles. The van der Waals surface area contributed by atoms with Crippen molar-refractivity contribution in [2.45, 2.75) is 25.4 Å². The molecule has 3 aliphatic rings. The number of carbonyl (C=O) groups excluding carboxylic acids is 3. The molecule has 154 valence electrons. The summed E-state index contributed by atoms with van der Waals surface area (Å²) in [4.78, 5) is 40.0. The Hall–Kier alpha value is -2.87. The Morgan fingerprint density at radius 2 is 1.83 bits per heavy atom. The summed E-state index contributed by atoms with van der Waals surface area (Å²) in [6.07, 6.45) is 1.33. The Morgan fingerprint density at radius 3 is 2.50 bits per heavy atom. The molecule has 0 atom stereocenters. The van der Waals surface area contributed by atoms with Gasteiger partial charge in [-0.05, 0) is 13.0 Å². The molecule has 7 nitrogen and oxygen atoms in total. The van der Waals surface area contributed by atoms with Gasteiger partial charge in [0.2, 0.25) is 11.6 Å². The van der Waals surface area contributed by atoms with E-state index in [9.17, 15) is 14.4 Å². The van der Waals surface area contributed by atoms with E-state index < -0.39 is 17.2 Å². The Balaban J connectivity index is 1.36. The number of aromatic nitrogens is 2. The van der Waals surface area contributed by atoms with Crippen LogP contribution >= 0.6 is 11.8 Å². The summed E-state index contributed by atoms with van der Waals surface area (Å²) in [5.41, 5.74) is 2.03. The lowest BCUT2D eigenvalue weighted by Gasteiger charge is -2.45. The molecular formula is C22H21N3O4S. The fraction of sp³-hybridized carbons (Fsp3) is 0.364. The monoisotopic (exact) mass is 423 g/mol. The van der Waals surface area contributed by atoms with Gasteiger partial charge in [0.25, 0.3) is 5.91 Å². The smallest absolute Gasteiger partial charge is 0.274 e. The van der Waals surface area contributed by atoms with Crippen molar-refractivity contribution in [3.8, 4) is 0 Å². The third kappa shape index (κ3) is 2.89. The lowest BCUT2D eigenvalue weighted by molar-refractivity contribution is -0.111. The number of hydrogen-bond acceptors (Lipinski definition) is 6. The predicted octanol–water partition coefficient (Wildman–Crippen LogP) is 2.60. The number of ether oxygens (including phenoxy) is 1. The van der Waals surface area contributed by atoms with E-state index in [1.165, 1.54) is 11.8 Å². The molecule has 0 unspecified atom stereocenters. The average Bonchev–Trinajstić information content (AvgIpc) is 3.10. The predicted molar refractivity (Wildman–Crippen MR) is 112 cm³/mol. The van der Waals surface area contributed by atoms with Crippen LogP contribution in [0, 0.1) is 6.92 Å². The van der Waals surface area contributed by atoms with E-state index in [4.69, 9.17) is 4.74 Å². The number of hydrogen-bond donors (Lipinski definition) is 0. The van der Waals surface area contributed by atoms with Gasteiger partial charge in [0.15, 0.2) is 5.69 Å². The summed E-state index contributed by atoms with van der Waals surface area (Å²) >= 11 is 1.40. The first-order valence-corrected chi connectivity index (χ1v) is 10.9. The second-order valence-electron chi connectivity index (χ2n) is 8.02. The summed E-state index contributed by atoms with van der Waals surface area (Å²) in [7, 11) is 1.82. The second kappa shape index (κ2) is 6.84. The third-order valence-electron chi connectivity index (χ3n) is 6.13. The molecule has 8 heteroatoms. The minimum absolute atomic E-state index is 0.0688. The van der Waals surface area contributed by atoms with Crippen LogP contribution in [0.1, 0.15) is 44.9 Å². The minimum atomic E-state index is -0.485. The number of allylic oxidation sites excluding steroid dienone is 1. The summed E-state index contributed by atoms with van der Waals surface area (Å²) in [6.45, 7) is 3.04. The van der Waals surface area contributed by atoms with E-state index in [1.807, 2.05) is 31.0 Å². The highest BCUT2D eigenvalue weighted by Crippen LogP contribution is 2.47. The largest absolute Gasteiger partial charge is 0.484 e. The van der Waals surface area contributed by atoms with Crippen LogP contribution in [0.4, 0.5) is 0 Å². The molecule has 1 amide bonds. The van der Waals surface area contributed by atoms with E-state index in [0.717, 1.165) is 5.69 Å². The van der Waals surface area contributed by atoms with Gasteiger partial charge in [-0.3, -0.25) is 19.1 Å². The van der Waals surface area contributed by atoms with Gasteiger partial charge in [-0.15, -0.1) is 11.8 Å². The number of Topliss-reactive ketones (excluding diaryl/α,β-unsaturated/α-hetero) is 2. The van der Waals surface area contributed by atoms with Crippen LogP contribution in [0.5, 0.6) is 0 Å². The van der Waals surface area contributed by atoms with Gasteiger partial charge < -0.3 is 9.64 Å². The molecular weight excluding hydrogens is 402 g/mol. The number of fused-ring (bicyclic) bond motifs is 2. The topological polar surface area (TPSA) is 81.5 Å². The minimum Gasteiger partial charge on any atom is -0.484 e. The first-order valence-electron chi connectivity index (χ1n) is 9.93. The molecule has 1 aromatic heterocycles. The van der Waals surface area contributed by atoms with Crippen LogP contribution in [-0.4, -0.2) is 56.6 Å². The van der Waals surface area contributed by atoms with Gasteiger partial charge in [0, 0.05) is 55.6 Å². The first kappa shape index (κ1) is 19.1. The maximum atomic E-state index is 12.8. The van der Waals surface area contributed by atoms with Gasteiger partial charge in [0.1, 0.15) is 16.3 Å². The summed E-state index contributed by atoms with van der Waals surface area (Å²) in [5.74, 6) is 0.0917. The number of ketones is 2. The molecule has 0 N–H and O–H groups in total. The molecule has 1 aliphatic carbocycles. The van der Waals surface area contributed by atoms with Crippen molar-refractivity contribution in [2.75, 3.05) is 18.8 Å². The van der Waals surface area contributed by atoms with Crippen LogP contribution in [-0.2, 0) is 16.6 Å². The second-order valence-corrected chi connectivity index (χ2v) is 9.01. The molecule has 30 heavy (non-hydrogen) atoms. The third-order valence-corrected chi connectivity index (χ3v) is 7.46. The highest BCUT2D eigenvalue weighted by atomic mass is 32.2.